The van der Waals surface area contributed by atoms with Crippen LogP contribution in [0.15, 0.2) is 22.8 Å². The van der Waals surface area contributed by atoms with Crippen molar-refractivity contribution in [1.82, 2.24) is 10.4 Å². The highest BCUT2D eigenvalue weighted by molar-refractivity contribution is 9.10. The summed E-state index contributed by atoms with van der Waals surface area (Å²) in [5, 5.41) is 0. The Morgan fingerprint density at radius 2 is 2.35 bits per heavy atom. The first-order valence-corrected chi connectivity index (χ1v) is 6.70. The predicted octanol–water partition coefficient (Wildman–Crippen LogP) is 2.04. The van der Waals surface area contributed by atoms with E-state index >= 15 is 0 Å². The fourth-order valence-electron chi connectivity index (χ4n) is 1.60. The summed E-state index contributed by atoms with van der Waals surface area (Å²) in [7, 11) is 0. The lowest BCUT2D eigenvalue weighted by Gasteiger charge is -2.15. The van der Waals surface area contributed by atoms with Gasteiger partial charge in [0.15, 0.2) is 0 Å². The van der Waals surface area contributed by atoms with Crippen LogP contribution in [0.4, 0.5) is 0 Å². The molecule has 0 aliphatic rings. The van der Waals surface area contributed by atoms with E-state index in [-0.39, 0.29) is 6.04 Å². The predicted molar refractivity (Wildman–Crippen MR) is 72.5 cm³/mol. The van der Waals surface area contributed by atoms with Crippen molar-refractivity contribution in [2.75, 3.05) is 13.2 Å². The Morgan fingerprint density at radius 3 is 2.94 bits per heavy atom. The summed E-state index contributed by atoms with van der Waals surface area (Å²) in [4.78, 5) is 4.34. The Bertz CT molecular complexity index is 305. The third kappa shape index (κ3) is 6.12. The third-order valence-corrected chi connectivity index (χ3v) is 2.99. The fourth-order valence-corrected chi connectivity index (χ4v) is 1.83. The van der Waals surface area contributed by atoms with Gasteiger partial charge in [0.2, 0.25) is 0 Å². The number of nitrogens with two attached hydrogens (primary N) is 1. The summed E-state index contributed by atoms with van der Waals surface area (Å²) in [6.07, 6.45) is 4.66. The summed E-state index contributed by atoms with van der Waals surface area (Å²) < 4.78 is 6.30. The molecule has 1 aromatic heterocycles. The first-order valence-electron chi connectivity index (χ1n) is 5.90. The molecule has 0 aliphatic heterocycles. The minimum atomic E-state index is 0.254. The van der Waals surface area contributed by atoms with Gasteiger partial charge in [0.25, 0.3) is 0 Å². The SMILES string of the molecule is CCOCCCC(Cc1ccc(Br)cn1)NN. The Hall–Kier alpha value is -0.490. The minimum Gasteiger partial charge on any atom is -0.382 e. The number of rotatable bonds is 8. The molecular weight excluding hydrogens is 282 g/mol. The number of pyridine rings is 1. The second kappa shape index (κ2) is 8.58. The lowest BCUT2D eigenvalue weighted by molar-refractivity contribution is 0.140. The topological polar surface area (TPSA) is 60.2 Å². The molecule has 0 aliphatic carbocycles. The van der Waals surface area contributed by atoms with Gasteiger partial charge in [0.1, 0.15) is 0 Å². The molecule has 1 aromatic rings. The van der Waals surface area contributed by atoms with E-state index < -0.39 is 0 Å². The molecule has 0 bridgehead atoms. The molecule has 4 nitrogen and oxygen atoms in total. The minimum absolute atomic E-state index is 0.254. The van der Waals surface area contributed by atoms with Crippen LogP contribution in [0, 0.1) is 0 Å². The second-order valence-corrected chi connectivity index (χ2v) is 4.79. The van der Waals surface area contributed by atoms with E-state index in [2.05, 4.69) is 26.3 Å². The van der Waals surface area contributed by atoms with E-state index in [1.807, 2.05) is 25.3 Å². The van der Waals surface area contributed by atoms with E-state index in [1.165, 1.54) is 0 Å². The molecule has 5 heteroatoms. The first kappa shape index (κ1) is 14.6. The highest BCUT2D eigenvalue weighted by Crippen LogP contribution is 2.10. The van der Waals surface area contributed by atoms with Gasteiger partial charge in [-0.2, -0.15) is 0 Å². The van der Waals surface area contributed by atoms with Crippen LogP contribution in [0.25, 0.3) is 0 Å². The highest BCUT2D eigenvalue weighted by atomic mass is 79.9. The van der Waals surface area contributed by atoms with E-state index in [9.17, 15) is 0 Å². The Labute approximate surface area is 111 Å². The lowest BCUT2D eigenvalue weighted by Crippen LogP contribution is -2.37. The van der Waals surface area contributed by atoms with Gasteiger partial charge in [0.05, 0.1) is 0 Å². The molecule has 0 radical (unpaired) electrons. The molecule has 0 saturated heterocycles. The number of hydrazine groups is 1. The van der Waals surface area contributed by atoms with Crippen molar-refractivity contribution in [3.05, 3.63) is 28.5 Å². The lowest BCUT2D eigenvalue weighted by atomic mass is 10.1. The fraction of sp³-hybridized carbons (Fsp3) is 0.583. The van der Waals surface area contributed by atoms with Crippen molar-refractivity contribution in [2.45, 2.75) is 32.2 Å². The van der Waals surface area contributed by atoms with Gasteiger partial charge in [-0.25, -0.2) is 0 Å². The molecule has 0 amide bonds. The Morgan fingerprint density at radius 1 is 1.53 bits per heavy atom. The maximum absolute atomic E-state index is 5.54. The number of nitrogens with one attached hydrogen (secondary N) is 1. The molecule has 0 fully saturated rings. The Balaban J connectivity index is 2.33. The molecule has 0 saturated carbocycles. The van der Waals surface area contributed by atoms with Crippen LogP contribution >= 0.6 is 15.9 Å². The maximum atomic E-state index is 5.54. The van der Waals surface area contributed by atoms with Crippen LogP contribution in [0.3, 0.4) is 0 Å². The number of nitrogens with zero attached hydrogens (tertiary/aromatic N) is 1. The van der Waals surface area contributed by atoms with Crippen LogP contribution < -0.4 is 11.3 Å². The van der Waals surface area contributed by atoms with Crippen LogP contribution in [-0.4, -0.2) is 24.2 Å². The van der Waals surface area contributed by atoms with Crippen molar-refractivity contribution in [3.8, 4) is 0 Å². The second-order valence-electron chi connectivity index (χ2n) is 3.87. The quantitative estimate of drug-likeness (QED) is 0.438. The normalized spacial score (nSPS) is 12.6. The van der Waals surface area contributed by atoms with E-state index in [0.717, 1.165) is 42.6 Å². The summed E-state index contributed by atoms with van der Waals surface area (Å²) in [6.45, 7) is 3.57. The first-order chi connectivity index (χ1) is 8.26. The Kier molecular flexibility index (Phi) is 7.35. The largest absolute Gasteiger partial charge is 0.382 e. The number of aromatic nitrogens is 1. The van der Waals surface area contributed by atoms with Crippen molar-refractivity contribution in [3.63, 3.8) is 0 Å². The van der Waals surface area contributed by atoms with Crippen LogP contribution in [0.1, 0.15) is 25.5 Å². The molecule has 96 valence electrons. The molecule has 17 heavy (non-hydrogen) atoms. The van der Waals surface area contributed by atoms with Gasteiger partial charge in [-0.3, -0.25) is 16.3 Å². The van der Waals surface area contributed by atoms with Crippen molar-refractivity contribution >= 4 is 15.9 Å². The molecule has 1 rings (SSSR count). The average molecular weight is 302 g/mol. The molecule has 0 aromatic carbocycles. The number of hydrogen-bond donors (Lipinski definition) is 2. The van der Waals surface area contributed by atoms with Crippen LogP contribution in [-0.2, 0) is 11.2 Å². The van der Waals surface area contributed by atoms with E-state index in [4.69, 9.17) is 10.6 Å². The van der Waals surface area contributed by atoms with Crippen molar-refractivity contribution in [1.29, 1.82) is 0 Å². The zero-order valence-electron chi connectivity index (χ0n) is 10.2. The zero-order valence-corrected chi connectivity index (χ0v) is 11.7. The third-order valence-electron chi connectivity index (χ3n) is 2.53. The van der Waals surface area contributed by atoms with E-state index in [1.54, 1.807) is 0 Å². The van der Waals surface area contributed by atoms with Gasteiger partial charge in [-0.05, 0) is 47.8 Å². The molecule has 1 unspecified atom stereocenters. The molecule has 1 atom stereocenters. The van der Waals surface area contributed by atoms with Gasteiger partial charge in [0, 0.05) is 42.0 Å². The number of ether oxygens (including phenoxy) is 1. The number of hydrogen-bond acceptors (Lipinski definition) is 4. The van der Waals surface area contributed by atoms with Gasteiger partial charge in [-0.1, -0.05) is 0 Å². The monoisotopic (exact) mass is 301 g/mol. The van der Waals surface area contributed by atoms with Gasteiger partial charge in [-0.15, -0.1) is 0 Å². The van der Waals surface area contributed by atoms with Crippen LogP contribution in [0.5, 0.6) is 0 Å². The smallest absolute Gasteiger partial charge is 0.0466 e. The van der Waals surface area contributed by atoms with Gasteiger partial charge >= 0.3 is 0 Å². The molecular formula is C12H20BrN3O. The summed E-state index contributed by atoms with van der Waals surface area (Å²) >= 11 is 3.37. The molecule has 0 spiro atoms. The summed E-state index contributed by atoms with van der Waals surface area (Å²) in [6, 6.07) is 4.26. The summed E-state index contributed by atoms with van der Waals surface area (Å²) in [5.41, 5.74) is 3.88. The average Bonchev–Trinajstić information content (AvgIpc) is 2.35. The van der Waals surface area contributed by atoms with Crippen LogP contribution in [0.2, 0.25) is 0 Å². The standard InChI is InChI=1S/C12H20BrN3O/c1-2-17-7-3-4-12(16-14)8-11-6-5-10(13)9-15-11/h5-6,9,12,16H,2-4,7-8,14H2,1H3. The number of halogens is 1. The van der Waals surface area contributed by atoms with Crippen molar-refractivity contribution in [2.24, 2.45) is 5.84 Å². The molecule has 3 N–H and O–H groups in total. The van der Waals surface area contributed by atoms with Crippen molar-refractivity contribution < 1.29 is 4.74 Å². The highest BCUT2D eigenvalue weighted by Gasteiger charge is 2.08. The zero-order chi connectivity index (χ0) is 12.5. The van der Waals surface area contributed by atoms with Gasteiger partial charge < -0.3 is 4.74 Å². The summed E-state index contributed by atoms with van der Waals surface area (Å²) in [5.74, 6) is 5.54. The van der Waals surface area contributed by atoms with E-state index in [0.29, 0.717) is 0 Å². The molecule has 1 heterocycles. The maximum Gasteiger partial charge on any atom is 0.0466 e.